The van der Waals surface area contributed by atoms with Gasteiger partial charge in [0, 0.05) is 29.3 Å². The summed E-state index contributed by atoms with van der Waals surface area (Å²) in [5.74, 6) is 0. The fraction of sp³-hybridized carbons (Fsp3) is 0.600. The Hall–Kier alpha value is -0.510. The van der Waals surface area contributed by atoms with E-state index in [0.29, 0.717) is 0 Å². The van der Waals surface area contributed by atoms with Crippen molar-refractivity contribution in [2.24, 2.45) is 0 Å². The first-order valence-electron chi connectivity index (χ1n) is 7.00. The van der Waals surface area contributed by atoms with Crippen LogP contribution in [0.4, 0.5) is 0 Å². The molecule has 0 spiro atoms. The van der Waals surface area contributed by atoms with E-state index in [1.807, 2.05) is 0 Å². The van der Waals surface area contributed by atoms with Crippen LogP contribution in [-0.2, 0) is 6.42 Å². The van der Waals surface area contributed by atoms with Gasteiger partial charge in [-0.05, 0) is 44.5 Å². The maximum Gasteiger partial charge on any atom is 0.0263 e. The number of hydrogen-bond acceptors (Lipinski definition) is 3. The molecule has 2 heterocycles. The highest BCUT2D eigenvalue weighted by molar-refractivity contribution is 8.00. The van der Waals surface area contributed by atoms with Crippen LogP contribution in [0.5, 0.6) is 0 Å². The molecule has 1 N–H and O–H groups in total. The molecule has 98 valence electrons. The standard InChI is InChI=1S/C15H22N2S/c1-16-10-13-6-4-8-17(13)11-14-9-12-5-2-3-7-15(12)18-14/h2-3,5,7,13-14,16H,4,6,8-11H2,1H3. The van der Waals surface area contributed by atoms with Gasteiger partial charge in [-0.3, -0.25) is 4.90 Å². The van der Waals surface area contributed by atoms with Gasteiger partial charge in [0.25, 0.3) is 0 Å². The van der Waals surface area contributed by atoms with Crippen molar-refractivity contribution >= 4 is 11.8 Å². The smallest absolute Gasteiger partial charge is 0.0263 e. The lowest BCUT2D eigenvalue weighted by atomic mass is 10.1. The van der Waals surface area contributed by atoms with Crippen molar-refractivity contribution in [3.05, 3.63) is 29.8 Å². The second-order valence-corrected chi connectivity index (χ2v) is 6.74. The van der Waals surface area contributed by atoms with Crippen LogP contribution in [0, 0.1) is 0 Å². The number of likely N-dealkylation sites (N-methyl/N-ethyl adjacent to an activating group) is 1. The lowest BCUT2D eigenvalue weighted by Gasteiger charge is -2.26. The summed E-state index contributed by atoms with van der Waals surface area (Å²) < 4.78 is 0. The van der Waals surface area contributed by atoms with Gasteiger partial charge in [0.1, 0.15) is 0 Å². The van der Waals surface area contributed by atoms with Crippen molar-refractivity contribution in [3.8, 4) is 0 Å². The molecule has 18 heavy (non-hydrogen) atoms. The molecule has 0 radical (unpaired) electrons. The third-order valence-corrected chi connectivity index (χ3v) is 5.39. The minimum absolute atomic E-state index is 0.763. The van der Waals surface area contributed by atoms with Crippen molar-refractivity contribution in [1.82, 2.24) is 10.2 Å². The van der Waals surface area contributed by atoms with E-state index in [4.69, 9.17) is 0 Å². The molecule has 1 saturated heterocycles. The summed E-state index contributed by atoms with van der Waals surface area (Å²) in [4.78, 5) is 4.20. The largest absolute Gasteiger partial charge is 0.318 e. The summed E-state index contributed by atoms with van der Waals surface area (Å²) >= 11 is 2.08. The topological polar surface area (TPSA) is 15.3 Å². The predicted molar refractivity (Wildman–Crippen MR) is 78.3 cm³/mol. The molecule has 2 aliphatic rings. The van der Waals surface area contributed by atoms with E-state index in [1.54, 1.807) is 5.56 Å². The lowest BCUT2D eigenvalue weighted by Crippen LogP contribution is -2.40. The van der Waals surface area contributed by atoms with Crippen molar-refractivity contribution in [2.45, 2.75) is 35.4 Å². The maximum absolute atomic E-state index is 3.33. The summed E-state index contributed by atoms with van der Waals surface area (Å²) in [6.07, 6.45) is 3.99. The number of fused-ring (bicyclic) bond motifs is 1. The van der Waals surface area contributed by atoms with Gasteiger partial charge >= 0.3 is 0 Å². The van der Waals surface area contributed by atoms with Gasteiger partial charge in [-0.15, -0.1) is 11.8 Å². The van der Waals surface area contributed by atoms with E-state index in [2.05, 4.69) is 53.3 Å². The van der Waals surface area contributed by atoms with Crippen LogP contribution in [0.15, 0.2) is 29.2 Å². The Kier molecular flexibility index (Phi) is 3.92. The van der Waals surface area contributed by atoms with Crippen molar-refractivity contribution in [1.29, 1.82) is 0 Å². The number of likely N-dealkylation sites (tertiary alicyclic amines) is 1. The molecular formula is C15H22N2S. The Morgan fingerprint density at radius 1 is 1.39 bits per heavy atom. The van der Waals surface area contributed by atoms with Gasteiger partial charge in [0.05, 0.1) is 0 Å². The molecule has 0 aromatic heterocycles. The van der Waals surface area contributed by atoms with Gasteiger partial charge in [0.15, 0.2) is 0 Å². The monoisotopic (exact) mass is 262 g/mol. The molecule has 2 atom stereocenters. The molecule has 2 aliphatic heterocycles. The molecule has 2 nitrogen and oxygen atoms in total. The molecule has 0 bridgehead atoms. The third kappa shape index (κ3) is 2.58. The van der Waals surface area contributed by atoms with Crippen LogP contribution in [0.1, 0.15) is 18.4 Å². The minimum atomic E-state index is 0.763. The van der Waals surface area contributed by atoms with E-state index in [-0.39, 0.29) is 0 Å². The molecular weight excluding hydrogens is 240 g/mol. The number of nitrogens with one attached hydrogen (secondary N) is 1. The molecule has 0 saturated carbocycles. The molecule has 0 aliphatic carbocycles. The second kappa shape index (κ2) is 5.64. The fourth-order valence-corrected chi connectivity index (χ4v) is 4.57. The number of hydrogen-bond donors (Lipinski definition) is 1. The fourth-order valence-electron chi connectivity index (χ4n) is 3.22. The van der Waals surface area contributed by atoms with Crippen LogP contribution in [0.3, 0.4) is 0 Å². The summed E-state index contributed by atoms with van der Waals surface area (Å²) in [6, 6.07) is 9.65. The van der Waals surface area contributed by atoms with E-state index < -0.39 is 0 Å². The van der Waals surface area contributed by atoms with E-state index in [9.17, 15) is 0 Å². The average molecular weight is 262 g/mol. The Morgan fingerprint density at radius 3 is 3.11 bits per heavy atom. The lowest BCUT2D eigenvalue weighted by molar-refractivity contribution is 0.251. The highest BCUT2D eigenvalue weighted by Crippen LogP contribution is 2.37. The number of rotatable bonds is 4. The van der Waals surface area contributed by atoms with Crippen molar-refractivity contribution in [2.75, 3.05) is 26.7 Å². The Bertz CT molecular complexity index is 382. The summed E-state index contributed by atoms with van der Waals surface area (Å²) in [7, 11) is 2.07. The zero-order valence-corrected chi connectivity index (χ0v) is 11.9. The Labute approximate surface area is 114 Å². The van der Waals surface area contributed by atoms with Gasteiger partial charge in [-0.2, -0.15) is 0 Å². The molecule has 2 unspecified atom stereocenters. The second-order valence-electron chi connectivity index (χ2n) is 5.40. The molecule has 1 fully saturated rings. The van der Waals surface area contributed by atoms with Crippen molar-refractivity contribution in [3.63, 3.8) is 0 Å². The summed E-state index contributed by atoms with van der Waals surface area (Å²) in [5.41, 5.74) is 1.55. The van der Waals surface area contributed by atoms with Crippen molar-refractivity contribution < 1.29 is 0 Å². The van der Waals surface area contributed by atoms with Crippen LogP contribution in [0.2, 0.25) is 0 Å². The number of thioether (sulfide) groups is 1. The Balaban J connectivity index is 1.59. The average Bonchev–Trinajstić information content (AvgIpc) is 2.97. The normalized spacial score (nSPS) is 27.6. The Morgan fingerprint density at radius 2 is 2.28 bits per heavy atom. The zero-order chi connectivity index (χ0) is 12.4. The molecule has 0 amide bonds. The highest BCUT2D eigenvalue weighted by atomic mass is 32.2. The molecule has 1 aromatic rings. The van der Waals surface area contributed by atoms with E-state index in [1.165, 1.54) is 37.2 Å². The summed E-state index contributed by atoms with van der Waals surface area (Å²) in [5, 5.41) is 4.10. The number of nitrogens with zero attached hydrogens (tertiary/aromatic N) is 1. The number of benzene rings is 1. The first-order valence-corrected chi connectivity index (χ1v) is 7.88. The first-order chi connectivity index (χ1) is 8.86. The third-order valence-electron chi connectivity index (χ3n) is 4.09. The maximum atomic E-state index is 3.33. The predicted octanol–water partition coefficient (Wildman–Crippen LogP) is 2.39. The van der Waals surface area contributed by atoms with Crippen LogP contribution >= 0.6 is 11.8 Å². The van der Waals surface area contributed by atoms with Crippen LogP contribution in [0.25, 0.3) is 0 Å². The minimum Gasteiger partial charge on any atom is -0.318 e. The van der Waals surface area contributed by atoms with Gasteiger partial charge < -0.3 is 5.32 Å². The molecule has 3 rings (SSSR count). The highest BCUT2D eigenvalue weighted by Gasteiger charge is 2.29. The van der Waals surface area contributed by atoms with Gasteiger partial charge in [0.2, 0.25) is 0 Å². The first kappa shape index (κ1) is 12.5. The quantitative estimate of drug-likeness (QED) is 0.897. The molecule has 1 aromatic carbocycles. The van der Waals surface area contributed by atoms with Gasteiger partial charge in [-0.25, -0.2) is 0 Å². The zero-order valence-electron chi connectivity index (χ0n) is 11.1. The molecule has 3 heteroatoms. The van der Waals surface area contributed by atoms with Crippen LogP contribution in [-0.4, -0.2) is 42.9 Å². The summed E-state index contributed by atoms with van der Waals surface area (Å²) in [6.45, 7) is 3.69. The van der Waals surface area contributed by atoms with Crippen LogP contribution < -0.4 is 5.32 Å². The van der Waals surface area contributed by atoms with E-state index in [0.717, 1.165) is 17.8 Å². The SMILES string of the molecule is CNCC1CCCN1CC1Cc2ccccc2S1. The van der Waals surface area contributed by atoms with Gasteiger partial charge in [-0.1, -0.05) is 18.2 Å². The van der Waals surface area contributed by atoms with E-state index >= 15 is 0 Å².